The minimum absolute atomic E-state index is 0.374. The molecule has 0 bridgehead atoms. The van der Waals surface area contributed by atoms with Gasteiger partial charge in [-0.3, -0.25) is 0 Å². The fourth-order valence-corrected chi connectivity index (χ4v) is 6.74. The lowest BCUT2D eigenvalue weighted by Crippen LogP contribution is -2.36. The largest absolute Gasteiger partial charge is 0.393 e. The lowest BCUT2D eigenvalue weighted by molar-refractivity contribution is 0.0596. The third-order valence-corrected chi connectivity index (χ3v) is 8.44. The van der Waals surface area contributed by atoms with E-state index in [9.17, 15) is 15.3 Å². The van der Waals surface area contributed by atoms with Gasteiger partial charge in [-0.05, 0) is 93.1 Å². The second kappa shape index (κ2) is 9.30. The van der Waals surface area contributed by atoms with Crippen LogP contribution in [0.1, 0.15) is 91.9 Å². The lowest BCUT2D eigenvalue weighted by atomic mass is 9.60. The molecule has 0 spiro atoms. The molecule has 0 amide bonds. The van der Waals surface area contributed by atoms with Crippen molar-refractivity contribution in [3.8, 4) is 0 Å². The quantitative estimate of drug-likeness (QED) is 0.520. The molecule has 0 aromatic rings. The molecule has 170 valence electrons. The average molecular weight is 417 g/mol. The Morgan fingerprint density at radius 3 is 2.67 bits per heavy atom. The first-order valence-electron chi connectivity index (χ1n) is 12.2. The van der Waals surface area contributed by atoms with Crippen LogP contribution in [0.3, 0.4) is 0 Å². The van der Waals surface area contributed by atoms with E-state index < -0.39 is 17.8 Å². The fraction of sp³-hybridized carbons (Fsp3) is 0.778. The molecular formula is C27H44O3. The molecular weight excluding hydrogens is 372 g/mol. The first-order chi connectivity index (χ1) is 14.0. The van der Waals surface area contributed by atoms with Gasteiger partial charge in [0.05, 0.1) is 17.8 Å². The standard InChI is InChI=1S/C27H44O3/c1-18(8-6-14-26(3,4)30)23-12-13-24-20(9-7-15-27(23,24)5)10-11-21-16-22(28)17-25(29)19(21)2/h10-11,18,22-25,28-30H,2,6-9,12-17H2,1,3-5H3/b20-10+,21-11-/t18-,22-,23-,24?,25+,27-/m1/s1. The van der Waals surface area contributed by atoms with Crippen molar-refractivity contribution in [1.82, 2.24) is 0 Å². The van der Waals surface area contributed by atoms with Gasteiger partial charge < -0.3 is 15.3 Å². The third kappa shape index (κ3) is 5.29. The van der Waals surface area contributed by atoms with Crippen molar-refractivity contribution < 1.29 is 15.3 Å². The predicted molar refractivity (Wildman–Crippen MR) is 124 cm³/mol. The summed E-state index contributed by atoms with van der Waals surface area (Å²) < 4.78 is 0. The van der Waals surface area contributed by atoms with E-state index in [1.165, 1.54) is 38.5 Å². The number of aliphatic hydroxyl groups is 3. The summed E-state index contributed by atoms with van der Waals surface area (Å²) in [7, 11) is 0. The van der Waals surface area contributed by atoms with Crippen molar-refractivity contribution in [3.05, 3.63) is 35.5 Å². The number of hydrogen-bond acceptors (Lipinski definition) is 3. The molecule has 0 heterocycles. The van der Waals surface area contributed by atoms with Gasteiger partial charge in [0.25, 0.3) is 0 Å². The van der Waals surface area contributed by atoms with Gasteiger partial charge in [-0.1, -0.05) is 51.0 Å². The van der Waals surface area contributed by atoms with E-state index in [4.69, 9.17) is 0 Å². The minimum Gasteiger partial charge on any atom is -0.393 e. The molecule has 3 aliphatic rings. The maximum Gasteiger partial charge on any atom is 0.0811 e. The highest BCUT2D eigenvalue weighted by Gasteiger charge is 2.50. The van der Waals surface area contributed by atoms with Crippen LogP contribution >= 0.6 is 0 Å². The molecule has 30 heavy (non-hydrogen) atoms. The fourth-order valence-electron chi connectivity index (χ4n) is 6.74. The summed E-state index contributed by atoms with van der Waals surface area (Å²) in [6, 6.07) is 0. The second-order valence-electron chi connectivity index (χ2n) is 11.3. The number of hydrogen-bond donors (Lipinski definition) is 3. The summed E-state index contributed by atoms with van der Waals surface area (Å²) in [5.74, 6) is 2.11. The molecule has 0 aromatic carbocycles. The van der Waals surface area contributed by atoms with E-state index in [1.807, 2.05) is 13.8 Å². The highest BCUT2D eigenvalue weighted by molar-refractivity contribution is 5.38. The van der Waals surface area contributed by atoms with Crippen LogP contribution in [0.15, 0.2) is 35.5 Å². The number of allylic oxidation sites excluding steroid dienone is 3. The minimum atomic E-state index is -0.615. The van der Waals surface area contributed by atoms with Crippen molar-refractivity contribution in [1.29, 1.82) is 0 Å². The molecule has 3 N–H and O–H groups in total. The molecule has 6 atom stereocenters. The maximum absolute atomic E-state index is 10.1. The summed E-state index contributed by atoms with van der Waals surface area (Å²) in [5, 5.41) is 30.2. The summed E-state index contributed by atoms with van der Waals surface area (Å²) in [5.41, 5.74) is 3.17. The Morgan fingerprint density at radius 2 is 1.97 bits per heavy atom. The first-order valence-corrected chi connectivity index (χ1v) is 12.2. The van der Waals surface area contributed by atoms with Gasteiger partial charge in [-0.15, -0.1) is 0 Å². The topological polar surface area (TPSA) is 60.7 Å². The molecule has 0 aliphatic heterocycles. The average Bonchev–Trinajstić information content (AvgIpc) is 3.00. The van der Waals surface area contributed by atoms with Gasteiger partial charge in [0.15, 0.2) is 0 Å². The number of fused-ring (bicyclic) bond motifs is 1. The molecule has 3 heteroatoms. The maximum atomic E-state index is 10.1. The van der Waals surface area contributed by atoms with Gasteiger partial charge in [0, 0.05) is 6.42 Å². The van der Waals surface area contributed by atoms with E-state index in [1.54, 1.807) is 5.57 Å². The predicted octanol–water partition coefficient (Wildman–Crippen LogP) is 5.70. The van der Waals surface area contributed by atoms with Crippen LogP contribution < -0.4 is 0 Å². The molecule has 3 fully saturated rings. The normalized spacial score (nSPS) is 38.8. The second-order valence-corrected chi connectivity index (χ2v) is 11.3. The molecule has 3 saturated carbocycles. The Morgan fingerprint density at radius 1 is 1.23 bits per heavy atom. The first kappa shape index (κ1) is 23.8. The molecule has 0 saturated heterocycles. The SMILES string of the molecule is C=C1/C(=C\C=C2/CCC[C@@]3(C)C2CC[C@@H]3[C@H](C)CCCC(C)(C)O)C[C@@H](O)C[C@@H]1O. The van der Waals surface area contributed by atoms with Gasteiger partial charge in [0.2, 0.25) is 0 Å². The Balaban J connectivity index is 1.70. The molecule has 3 rings (SSSR count). The van der Waals surface area contributed by atoms with Crippen LogP contribution in [-0.4, -0.2) is 33.1 Å². The number of aliphatic hydroxyl groups excluding tert-OH is 2. The van der Waals surface area contributed by atoms with Crippen LogP contribution in [0.4, 0.5) is 0 Å². The van der Waals surface area contributed by atoms with Gasteiger partial charge in [0.1, 0.15) is 0 Å². The van der Waals surface area contributed by atoms with E-state index in [2.05, 4.69) is 32.6 Å². The van der Waals surface area contributed by atoms with Crippen LogP contribution in [0.2, 0.25) is 0 Å². The molecule has 3 aliphatic carbocycles. The molecule has 0 aromatic heterocycles. The molecule has 1 unspecified atom stereocenters. The van der Waals surface area contributed by atoms with Crippen LogP contribution in [0, 0.1) is 23.2 Å². The van der Waals surface area contributed by atoms with Crippen LogP contribution in [0.5, 0.6) is 0 Å². The van der Waals surface area contributed by atoms with E-state index in [0.717, 1.165) is 29.9 Å². The Kier molecular flexibility index (Phi) is 7.37. The summed E-state index contributed by atoms with van der Waals surface area (Å²) in [6.07, 6.45) is 13.9. The molecule has 0 radical (unpaired) electrons. The van der Waals surface area contributed by atoms with E-state index in [0.29, 0.717) is 30.1 Å². The number of rotatable bonds is 6. The summed E-state index contributed by atoms with van der Waals surface area (Å²) >= 11 is 0. The lowest BCUT2D eigenvalue weighted by Gasteiger charge is -2.44. The highest BCUT2D eigenvalue weighted by Crippen LogP contribution is 2.60. The zero-order valence-electron chi connectivity index (χ0n) is 19.7. The smallest absolute Gasteiger partial charge is 0.0811 e. The zero-order valence-corrected chi connectivity index (χ0v) is 19.7. The summed E-state index contributed by atoms with van der Waals surface area (Å²) in [4.78, 5) is 0. The van der Waals surface area contributed by atoms with Crippen LogP contribution in [-0.2, 0) is 0 Å². The van der Waals surface area contributed by atoms with Crippen molar-refractivity contribution in [2.24, 2.45) is 23.2 Å². The third-order valence-electron chi connectivity index (χ3n) is 8.44. The zero-order chi connectivity index (χ0) is 22.1. The Labute approximate surface area is 184 Å². The van der Waals surface area contributed by atoms with Crippen molar-refractivity contribution in [2.45, 2.75) is 110 Å². The van der Waals surface area contributed by atoms with Crippen molar-refractivity contribution in [3.63, 3.8) is 0 Å². The van der Waals surface area contributed by atoms with Crippen molar-refractivity contribution in [2.75, 3.05) is 0 Å². The Bertz CT molecular complexity index is 683. The van der Waals surface area contributed by atoms with E-state index in [-0.39, 0.29) is 0 Å². The monoisotopic (exact) mass is 416 g/mol. The van der Waals surface area contributed by atoms with Gasteiger partial charge >= 0.3 is 0 Å². The summed E-state index contributed by atoms with van der Waals surface area (Å²) in [6.45, 7) is 12.8. The van der Waals surface area contributed by atoms with Gasteiger partial charge in [-0.2, -0.15) is 0 Å². The molecule has 3 nitrogen and oxygen atoms in total. The van der Waals surface area contributed by atoms with Crippen molar-refractivity contribution >= 4 is 0 Å². The van der Waals surface area contributed by atoms with Crippen LogP contribution in [0.25, 0.3) is 0 Å². The van der Waals surface area contributed by atoms with Gasteiger partial charge in [-0.25, -0.2) is 0 Å². The van der Waals surface area contributed by atoms with E-state index >= 15 is 0 Å². The highest BCUT2D eigenvalue weighted by atomic mass is 16.3. The Hall–Kier alpha value is -0.900.